The van der Waals surface area contributed by atoms with Crippen molar-refractivity contribution in [3.05, 3.63) is 77.5 Å². The van der Waals surface area contributed by atoms with Gasteiger partial charge in [0.1, 0.15) is 10.7 Å². The highest BCUT2D eigenvalue weighted by Crippen LogP contribution is 2.31. The van der Waals surface area contributed by atoms with E-state index >= 15 is 0 Å². The van der Waals surface area contributed by atoms with Crippen molar-refractivity contribution in [2.45, 2.75) is 24.8 Å². The quantitative estimate of drug-likeness (QED) is 0.645. The molecule has 1 aliphatic rings. The number of nitrogens with zero attached hydrogens (tertiary/aromatic N) is 2. The van der Waals surface area contributed by atoms with Gasteiger partial charge in [-0.3, -0.25) is 0 Å². The van der Waals surface area contributed by atoms with Crippen molar-refractivity contribution in [2.75, 3.05) is 28.3 Å². The van der Waals surface area contributed by atoms with Crippen LogP contribution >= 0.6 is 0 Å². The number of benzene rings is 2. The minimum absolute atomic E-state index is 0.227. The van der Waals surface area contributed by atoms with Crippen molar-refractivity contribution >= 4 is 33.1 Å². The Bertz CT molecular complexity index is 1220. The maximum absolute atomic E-state index is 12.5. The molecule has 2 N–H and O–H groups in total. The van der Waals surface area contributed by atoms with Crippen LogP contribution in [0.4, 0.5) is 22.0 Å². The Labute approximate surface area is 182 Å². The zero-order valence-electron chi connectivity index (χ0n) is 17.4. The second kappa shape index (κ2) is 8.39. The standard InChI is InChI=1S/C23H24N4O3S/c1-16-8-10-18(11-9-16)25-23(28)26-20-6-3-5-17-15-27(14-12-19(17)20)22-21(31(2,29)30)7-4-13-24-22/h3-11,13H,12,14-15H2,1-2H3,(H2,25,26,28). The lowest BCUT2D eigenvalue weighted by Crippen LogP contribution is -2.33. The number of anilines is 3. The summed E-state index contributed by atoms with van der Waals surface area (Å²) in [7, 11) is -3.39. The minimum Gasteiger partial charge on any atom is -0.351 e. The third-order valence-corrected chi connectivity index (χ3v) is 6.39. The number of aryl methyl sites for hydroxylation is 1. The van der Waals surface area contributed by atoms with Gasteiger partial charge in [0, 0.05) is 36.9 Å². The second-order valence-electron chi connectivity index (χ2n) is 7.66. The molecule has 0 atom stereocenters. The van der Waals surface area contributed by atoms with Crippen molar-refractivity contribution in [1.29, 1.82) is 0 Å². The van der Waals surface area contributed by atoms with E-state index in [-0.39, 0.29) is 10.9 Å². The maximum atomic E-state index is 12.5. The molecule has 1 aromatic heterocycles. The highest BCUT2D eigenvalue weighted by molar-refractivity contribution is 7.90. The molecule has 8 heteroatoms. The topological polar surface area (TPSA) is 91.4 Å². The van der Waals surface area contributed by atoms with Gasteiger partial charge in [0.25, 0.3) is 0 Å². The molecule has 2 amide bonds. The van der Waals surface area contributed by atoms with Crippen molar-refractivity contribution in [2.24, 2.45) is 0 Å². The summed E-state index contributed by atoms with van der Waals surface area (Å²) >= 11 is 0. The van der Waals surface area contributed by atoms with Crippen LogP contribution in [0.15, 0.2) is 65.7 Å². The van der Waals surface area contributed by atoms with Crippen LogP contribution in [0.3, 0.4) is 0 Å². The number of hydrogen-bond donors (Lipinski definition) is 2. The van der Waals surface area contributed by atoms with Gasteiger partial charge in [-0.1, -0.05) is 29.8 Å². The first-order valence-corrected chi connectivity index (χ1v) is 11.9. The van der Waals surface area contributed by atoms with E-state index in [9.17, 15) is 13.2 Å². The molecule has 0 saturated heterocycles. The van der Waals surface area contributed by atoms with Crippen molar-refractivity contribution in [3.8, 4) is 0 Å². The van der Waals surface area contributed by atoms with Gasteiger partial charge in [-0.15, -0.1) is 0 Å². The van der Waals surface area contributed by atoms with Crippen LogP contribution in [0.1, 0.15) is 16.7 Å². The summed E-state index contributed by atoms with van der Waals surface area (Å²) in [6.07, 6.45) is 3.46. The first kappa shape index (κ1) is 20.9. The average Bonchev–Trinajstić information content (AvgIpc) is 2.74. The third-order valence-electron chi connectivity index (χ3n) is 5.27. The second-order valence-corrected chi connectivity index (χ2v) is 9.64. The van der Waals surface area contributed by atoms with E-state index in [1.807, 2.05) is 54.3 Å². The summed E-state index contributed by atoms with van der Waals surface area (Å²) in [5, 5.41) is 5.79. The summed E-state index contributed by atoms with van der Waals surface area (Å²) < 4.78 is 24.3. The molecule has 0 bridgehead atoms. The van der Waals surface area contributed by atoms with Gasteiger partial charge >= 0.3 is 6.03 Å². The number of urea groups is 1. The van der Waals surface area contributed by atoms with E-state index in [4.69, 9.17) is 0 Å². The molecular formula is C23H24N4O3S. The summed E-state index contributed by atoms with van der Waals surface area (Å²) in [6.45, 7) is 3.11. The Kier molecular flexibility index (Phi) is 5.65. The molecule has 160 valence electrons. The van der Waals surface area contributed by atoms with Crippen molar-refractivity contribution in [3.63, 3.8) is 0 Å². The summed E-state index contributed by atoms with van der Waals surface area (Å²) in [5.74, 6) is 0.464. The van der Waals surface area contributed by atoms with E-state index in [0.717, 1.165) is 28.1 Å². The van der Waals surface area contributed by atoms with Gasteiger partial charge in [0.15, 0.2) is 9.84 Å². The Hall–Kier alpha value is -3.39. The number of pyridine rings is 1. The minimum atomic E-state index is -3.39. The third kappa shape index (κ3) is 4.69. The fraction of sp³-hybridized carbons (Fsp3) is 0.217. The molecule has 1 aliphatic heterocycles. The number of carbonyl (C=O) groups excluding carboxylic acids is 1. The number of hydrogen-bond acceptors (Lipinski definition) is 5. The lowest BCUT2D eigenvalue weighted by Gasteiger charge is -2.32. The smallest absolute Gasteiger partial charge is 0.323 e. The van der Waals surface area contributed by atoms with E-state index in [0.29, 0.717) is 25.3 Å². The van der Waals surface area contributed by atoms with Gasteiger partial charge in [0.05, 0.1) is 0 Å². The Balaban J connectivity index is 1.53. The zero-order chi connectivity index (χ0) is 22.0. The zero-order valence-corrected chi connectivity index (χ0v) is 18.2. The highest BCUT2D eigenvalue weighted by atomic mass is 32.2. The lowest BCUT2D eigenvalue weighted by atomic mass is 9.97. The lowest BCUT2D eigenvalue weighted by molar-refractivity contribution is 0.262. The van der Waals surface area contributed by atoms with Crippen LogP contribution < -0.4 is 15.5 Å². The van der Waals surface area contributed by atoms with Gasteiger partial charge in [-0.2, -0.15) is 0 Å². The molecule has 4 rings (SSSR count). The molecule has 0 spiro atoms. The normalized spacial score (nSPS) is 13.4. The Morgan fingerprint density at radius 2 is 1.81 bits per heavy atom. The van der Waals surface area contributed by atoms with Gasteiger partial charge in [-0.05, 0) is 54.8 Å². The monoisotopic (exact) mass is 436 g/mol. The van der Waals surface area contributed by atoms with Crippen LogP contribution in [0, 0.1) is 6.92 Å². The first-order chi connectivity index (χ1) is 14.8. The van der Waals surface area contributed by atoms with Crippen LogP contribution in [0.25, 0.3) is 0 Å². The molecular weight excluding hydrogens is 412 g/mol. The first-order valence-electron chi connectivity index (χ1n) is 9.97. The summed E-state index contributed by atoms with van der Waals surface area (Å²) in [5.41, 5.74) is 4.69. The molecule has 0 radical (unpaired) electrons. The molecule has 2 aromatic carbocycles. The number of amides is 2. The number of sulfone groups is 1. The molecule has 2 heterocycles. The molecule has 0 aliphatic carbocycles. The number of nitrogens with one attached hydrogen (secondary N) is 2. The van der Waals surface area contributed by atoms with E-state index < -0.39 is 9.84 Å². The van der Waals surface area contributed by atoms with Gasteiger partial charge in [0.2, 0.25) is 0 Å². The van der Waals surface area contributed by atoms with Crippen molar-refractivity contribution in [1.82, 2.24) is 4.98 Å². The number of carbonyl (C=O) groups is 1. The molecule has 3 aromatic rings. The van der Waals surface area contributed by atoms with Gasteiger partial charge in [-0.25, -0.2) is 18.2 Å². The van der Waals surface area contributed by atoms with E-state index in [2.05, 4.69) is 15.6 Å². The van der Waals surface area contributed by atoms with Crippen LogP contribution in [0.5, 0.6) is 0 Å². The molecule has 0 unspecified atom stereocenters. The predicted molar refractivity (Wildman–Crippen MR) is 122 cm³/mol. The molecule has 31 heavy (non-hydrogen) atoms. The molecule has 7 nitrogen and oxygen atoms in total. The fourth-order valence-corrected chi connectivity index (χ4v) is 4.58. The van der Waals surface area contributed by atoms with E-state index in [1.54, 1.807) is 18.3 Å². The Morgan fingerprint density at radius 1 is 1.03 bits per heavy atom. The van der Waals surface area contributed by atoms with Crippen molar-refractivity contribution < 1.29 is 13.2 Å². The predicted octanol–water partition coefficient (Wildman–Crippen LogP) is 4.00. The fourth-order valence-electron chi connectivity index (χ4n) is 3.74. The van der Waals surface area contributed by atoms with Crippen LogP contribution in [-0.4, -0.2) is 32.2 Å². The van der Waals surface area contributed by atoms with Crippen LogP contribution in [0.2, 0.25) is 0 Å². The average molecular weight is 437 g/mol. The Morgan fingerprint density at radius 3 is 2.55 bits per heavy atom. The molecule has 0 saturated carbocycles. The number of aromatic nitrogens is 1. The van der Waals surface area contributed by atoms with Gasteiger partial charge < -0.3 is 15.5 Å². The SMILES string of the molecule is Cc1ccc(NC(=O)Nc2cccc3c2CCN(c2ncccc2S(C)(=O)=O)C3)cc1. The number of rotatable bonds is 4. The maximum Gasteiger partial charge on any atom is 0.323 e. The van der Waals surface area contributed by atoms with Crippen LogP contribution in [-0.2, 0) is 22.8 Å². The van der Waals surface area contributed by atoms with E-state index in [1.165, 1.54) is 6.26 Å². The summed E-state index contributed by atoms with van der Waals surface area (Å²) in [4.78, 5) is 19.0. The summed E-state index contributed by atoms with van der Waals surface area (Å²) in [6, 6.07) is 16.3. The number of fused-ring (bicyclic) bond motifs is 1. The largest absolute Gasteiger partial charge is 0.351 e. The molecule has 0 fully saturated rings. The highest BCUT2D eigenvalue weighted by Gasteiger charge is 2.24.